The van der Waals surface area contributed by atoms with Crippen molar-refractivity contribution in [2.75, 3.05) is 14.2 Å². The Hall–Kier alpha value is -3.05. The lowest BCUT2D eigenvalue weighted by atomic mass is 10.1. The highest BCUT2D eigenvalue weighted by molar-refractivity contribution is 6.30. The predicted octanol–water partition coefficient (Wildman–Crippen LogP) is 4.59. The van der Waals surface area contributed by atoms with E-state index in [0.29, 0.717) is 35.2 Å². The summed E-state index contributed by atoms with van der Waals surface area (Å²) in [6.07, 6.45) is 1.71. The maximum Gasteiger partial charge on any atom is 0.254 e. The first-order valence-electron chi connectivity index (χ1n) is 8.77. The molecule has 0 aliphatic rings. The van der Waals surface area contributed by atoms with E-state index in [1.54, 1.807) is 43.5 Å². The van der Waals surface area contributed by atoms with Crippen molar-refractivity contribution in [1.82, 2.24) is 9.88 Å². The number of halogens is 1. The van der Waals surface area contributed by atoms with Gasteiger partial charge >= 0.3 is 0 Å². The molecule has 1 heterocycles. The molecule has 0 radical (unpaired) electrons. The zero-order chi connectivity index (χ0) is 19.9. The van der Waals surface area contributed by atoms with E-state index in [-0.39, 0.29) is 5.91 Å². The molecule has 0 atom stereocenters. The second-order valence-corrected chi connectivity index (χ2v) is 6.70. The summed E-state index contributed by atoms with van der Waals surface area (Å²) in [7, 11) is 3.30. The van der Waals surface area contributed by atoms with Gasteiger partial charge in [-0.3, -0.25) is 9.78 Å². The van der Waals surface area contributed by atoms with Crippen LogP contribution in [-0.2, 0) is 13.2 Å². The van der Waals surface area contributed by atoms with Crippen LogP contribution in [0.5, 0.6) is 11.5 Å². The van der Waals surface area contributed by atoms with Crippen molar-refractivity contribution >= 4 is 17.5 Å². The average Bonchev–Trinajstić information content (AvgIpc) is 2.73. The summed E-state index contributed by atoms with van der Waals surface area (Å²) in [5.41, 5.74) is 2.34. The predicted molar refractivity (Wildman–Crippen MR) is 109 cm³/mol. The summed E-state index contributed by atoms with van der Waals surface area (Å²) in [5.74, 6) is 0.959. The summed E-state index contributed by atoms with van der Waals surface area (Å²) in [5, 5.41) is 0.680. The maximum atomic E-state index is 12.7. The molecule has 2 aromatic carbocycles. The van der Waals surface area contributed by atoms with Gasteiger partial charge in [-0.1, -0.05) is 29.8 Å². The van der Waals surface area contributed by atoms with E-state index in [4.69, 9.17) is 21.1 Å². The molecular formula is C22H21ClN2O3. The number of methoxy groups -OCH3 is 1. The summed E-state index contributed by atoms with van der Waals surface area (Å²) in [6, 6.07) is 18.2. The SMILES string of the molecule is COc1cc(C(=O)N(C)Cc2ccccn2)ccc1OCc1ccc(Cl)cc1. The summed E-state index contributed by atoms with van der Waals surface area (Å²) >= 11 is 5.90. The fourth-order valence-electron chi connectivity index (χ4n) is 2.69. The molecule has 3 aromatic rings. The average molecular weight is 397 g/mol. The molecule has 0 aliphatic heterocycles. The van der Waals surface area contributed by atoms with Crippen LogP contribution < -0.4 is 9.47 Å². The second kappa shape index (κ2) is 9.24. The molecule has 0 saturated carbocycles. The molecule has 1 aromatic heterocycles. The summed E-state index contributed by atoms with van der Waals surface area (Å²) in [6.45, 7) is 0.803. The van der Waals surface area contributed by atoms with Crippen molar-refractivity contribution < 1.29 is 14.3 Å². The number of carbonyl (C=O) groups is 1. The Bertz CT molecular complexity index is 930. The summed E-state index contributed by atoms with van der Waals surface area (Å²) < 4.78 is 11.3. The first-order chi connectivity index (χ1) is 13.6. The van der Waals surface area contributed by atoms with Crippen LogP contribution in [-0.4, -0.2) is 29.9 Å². The maximum absolute atomic E-state index is 12.7. The summed E-state index contributed by atoms with van der Waals surface area (Å²) in [4.78, 5) is 18.6. The molecule has 28 heavy (non-hydrogen) atoms. The van der Waals surface area contributed by atoms with Gasteiger partial charge in [-0.05, 0) is 48.0 Å². The van der Waals surface area contributed by atoms with E-state index < -0.39 is 0 Å². The molecule has 0 N–H and O–H groups in total. The first-order valence-corrected chi connectivity index (χ1v) is 9.15. The van der Waals surface area contributed by atoms with Crippen molar-refractivity contribution in [3.05, 3.63) is 88.7 Å². The van der Waals surface area contributed by atoms with Gasteiger partial charge in [0.05, 0.1) is 19.3 Å². The van der Waals surface area contributed by atoms with Gasteiger partial charge in [-0.25, -0.2) is 0 Å². The standard InChI is InChI=1S/C22H21ClN2O3/c1-25(14-19-5-3-4-12-24-19)22(26)17-8-11-20(21(13-17)27-2)28-15-16-6-9-18(23)10-7-16/h3-13H,14-15H2,1-2H3. The minimum absolute atomic E-state index is 0.117. The third-order valence-corrected chi connectivity index (χ3v) is 4.44. The fourth-order valence-corrected chi connectivity index (χ4v) is 2.81. The van der Waals surface area contributed by atoms with Gasteiger partial charge in [0, 0.05) is 23.8 Å². The van der Waals surface area contributed by atoms with Gasteiger partial charge in [-0.2, -0.15) is 0 Å². The highest BCUT2D eigenvalue weighted by atomic mass is 35.5. The molecule has 1 amide bonds. The number of ether oxygens (including phenoxy) is 2. The molecule has 3 rings (SSSR count). The lowest BCUT2D eigenvalue weighted by Crippen LogP contribution is -2.26. The van der Waals surface area contributed by atoms with Crippen molar-refractivity contribution in [2.45, 2.75) is 13.2 Å². The molecule has 0 aliphatic carbocycles. The monoisotopic (exact) mass is 396 g/mol. The highest BCUT2D eigenvalue weighted by Gasteiger charge is 2.16. The Labute approximate surface area is 169 Å². The Balaban J connectivity index is 1.69. The Kier molecular flexibility index (Phi) is 6.50. The van der Waals surface area contributed by atoms with Crippen LogP contribution in [0.4, 0.5) is 0 Å². The van der Waals surface area contributed by atoms with Crippen LogP contribution in [0.1, 0.15) is 21.6 Å². The van der Waals surface area contributed by atoms with E-state index in [2.05, 4.69) is 4.98 Å². The largest absolute Gasteiger partial charge is 0.493 e. The minimum Gasteiger partial charge on any atom is -0.493 e. The second-order valence-electron chi connectivity index (χ2n) is 6.26. The lowest BCUT2D eigenvalue weighted by Gasteiger charge is -2.18. The first kappa shape index (κ1) is 19.7. The van der Waals surface area contributed by atoms with Crippen molar-refractivity contribution in [3.8, 4) is 11.5 Å². The van der Waals surface area contributed by atoms with Crippen LogP contribution in [0.2, 0.25) is 5.02 Å². The molecule has 0 fully saturated rings. The molecule has 0 unspecified atom stereocenters. The van der Waals surface area contributed by atoms with Gasteiger partial charge in [0.15, 0.2) is 11.5 Å². The van der Waals surface area contributed by atoms with Crippen LogP contribution in [0, 0.1) is 0 Å². The molecule has 0 saturated heterocycles. The number of pyridine rings is 1. The van der Waals surface area contributed by atoms with Gasteiger partial charge in [-0.15, -0.1) is 0 Å². The smallest absolute Gasteiger partial charge is 0.254 e. The van der Waals surface area contributed by atoms with Crippen LogP contribution >= 0.6 is 11.6 Å². The van der Waals surface area contributed by atoms with Crippen molar-refractivity contribution in [2.24, 2.45) is 0 Å². The van der Waals surface area contributed by atoms with E-state index in [1.165, 1.54) is 0 Å². The molecular weight excluding hydrogens is 376 g/mol. The quantitative estimate of drug-likeness (QED) is 0.586. The third kappa shape index (κ3) is 5.02. The van der Waals surface area contributed by atoms with E-state index >= 15 is 0 Å². The van der Waals surface area contributed by atoms with Crippen molar-refractivity contribution in [1.29, 1.82) is 0 Å². The molecule has 0 spiro atoms. The number of nitrogens with zero attached hydrogens (tertiary/aromatic N) is 2. The number of aromatic nitrogens is 1. The van der Waals surface area contributed by atoms with Gasteiger partial charge < -0.3 is 14.4 Å². The number of carbonyl (C=O) groups excluding carboxylic acids is 1. The van der Waals surface area contributed by atoms with Gasteiger partial charge in [0.1, 0.15) is 6.61 Å². The number of benzene rings is 2. The number of rotatable bonds is 7. The fraction of sp³-hybridized carbons (Fsp3) is 0.182. The topological polar surface area (TPSA) is 51.7 Å². The van der Waals surface area contributed by atoms with Gasteiger partial charge in [0.2, 0.25) is 0 Å². The Morgan fingerprint density at radius 2 is 1.86 bits per heavy atom. The van der Waals surface area contributed by atoms with Crippen LogP contribution in [0.3, 0.4) is 0 Å². The van der Waals surface area contributed by atoms with Crippen LogP contribution in [0.15, 0.2) is 66.9 Å². The Morgan fingerprint density at radius 3 is 2.54 bits per heavy atom. The zero-order valence-electron chi connectivity index (χ0n) is 15.8. The number of hydrogen-bond acceptors (Lipinski definition) is 4. The van der Waals surface area contributed by atoms with Gasteiger partial charge in [0.25, 0.3) is 5.91 Å². The molecule has 0 bridgehead atoms. The van der Waals surface area contributed by atoms with Crippen molar-refractivity contribution in [3.63, 3.8) is 0 Å². The van der Waals surface area contributed by atoms with E-state index in [9.17, 15) is 4.79 Å². The lowest BCUT2D eigenvalue weighted by molar-refractivity contribution is 0.0783. The molecule has 144 valence electrons. The number of hydrogen-bond donors (Lipinski definition) is 0. The number of amides is 1. The van der Waals surface area contributed by atoms with E-state index in [1.807, 2.05) is 42.5 Å². The Morgan fingerprint density at radius 1 is 1.07 bits per heavy atom. The third-order valence-electron chi connectivity index (χ3n) is 4.19. The van der Waals surface area contributed by atoms with E-state index in [0.717, 1.165) is 11.3 Å². The van der Waals surface area contributed by atoms with Crippen LogP contribution in [0.25, 0.3) is 0 Å². The minimum atomic E-state index is -0.117. The molecule has 6 heteroatoms. The highest BCUT2D eigenvalue weighted by Crippen LogP contribution is 2.29. The molecule has 5 nitrogen and oxygen atoms in total. The normalized spacial score (nSPS) is 10.4. The zero-order valence-corrected chi connectivity index (χ0v) is 16.5.